The average molecular weight is 476 g/mol. The highest BCUT2D eigenvalue weighted by atomic mass is 32.2. The van der Waals surface area contributed by atoms with Crippen molar-refractivity contribution in [2.24, 2.45) is 0 Å². The summed E-state index contributed by atoms with van der Waals surface area (Å²) < 4.78 is 45.7. The molecule has 2 aromatic carbocycles. The first kappa shape index (κ1) is 22.4. The number of hydrogen-bond acceptors (Lipinski definition) is 6. The van der Waals surface area contributed by atoms with Gasteiger partial charge in [0.2, 0.25) is 10.0 Å². The molecule has 0 bridgehead atoms. The molecule has 0 saturated carbocycles. The quantitative estimate of drug-likeness (QED) is 0.551. The Labute approximate surface area is 189 Å². The van der Waals surface area contributed by atoms with Crippen LogP contribution in [0, 0.1) is 5.82 Å². The van der Waals surface area contributed by atoms with Crippen LogP contribution >= 0.6 is 11.3 Å². The fourth-order valence-electron chi connectivity index (χ4n) is 3.34. The first-order chi connectivity index (χ1) is 15.4. The van der Waals surface area contributed by atoms with Crippen molar-refractivity contribution in [3.05, 3.63) is 70.4 Å². The summed E-state index contributed by atoms with van der Waals surface area (Å²) in [5.74, 6) is -0.292. The molecular weight excluding hydrogens is 453 g/mol. The first-order valence-electron chi connectivity index (χ1n) is 10.2. The Morgan fingerprint density at radius 3 is 2.62 bits per heavy atom. The summed E-state index contributed by atoms with van der Waals surface area (Å²) in [6, 6.07) is 11.9. The van der Waals surface area contributed by atoms with Crippen LogP contribution in [0.4, 0.5) is 10.1 Å². The van der Waals surface area contributed by atoms with Crippen LogP contribution in [0.2, 0.25) is 0 Å². The maximum absolute atomic E-state index is 13.0. The van der Waals surface area contributed by atoms with Gasteiger partial charge in [-0.05, 0) is 55.3 Å². The van der Waals surface area contributed by atoms with Crippen molar-refractivity contribution in [3.8, 4) is 5.75 Å². The third kappa shape index (κ3) is 5.32. The van der Waals surface area contributed by atoms with E-state index in [0.717, 1.165) is 19.3 Å². The molecule has 0 unspecified atom stereocenters. The van der Waals surface area contributed by atoms with Crippen molar-refractivity contribution in [3.63, 3.8) is 0 Å². The van der Waals surface area contributed by atoms with Crippen LogP contribution in [-0.4, -0.2) is 36.7 Å². The number of carbonyl (C=O) groups is 1. The number of thiazole rings is 1. The molecule has 1 amide bonds. The van der Waals surface area contributed by atoms with Crippen LogP contribution in [-0.2, 0) is 16.6 Å². The number of rotatable bonds is 7. The summed E-state index contributed by atoms with van der Waals surface area (Å²) in [6.45, 7) is 1.17. The molecule has 1 N–H and O–H groups in total. The summed E-state index contributed by atoms with van der Waals surface area (Å²) >= 11 is 1.26. The van der Waals surface area contributed by atoms with Crippen molar-refractivity contribution in [1.29, 1.82) is 0 Å². The van der Waals surface area contributed by atoms with E-state index in [1.165, 1.54) is 52.0 Å². The first-order valence-corrected chi connectivity index (χ1v) is 12.5. The molecule has 7 nitrogen and oxygen atoms in total. The van der Waals surface area contributed by atoms with Gasteiger partial charge in [-0.3, -0.25) is 4.79 Å². The second-order valence-electron chi connectivity index (χ2n) is 7.32. The highest BCUT2D eigenvalue weighted by Gasteiger charge is 2.26. The van der Waals surface area contributed by atoms with Crippen LogP contribution < -0.4 is 10.1 Å². The fraction of sp³-hybridized carbons (Fsp3) is 0.273. The number of halogens is 1. The summed E-state index contributed by atoms with van der Waals surface area (Å²) in [5.41, 5.74) is 0.585. The number of nitrogens with one attached hydrogen (secondary N) is 1. The van der Waals surface area contributed by atoms with E-state index in [-0.39, 0.29) is 23.0 Å². The van der Waals surface area contributed by atoms with E-state index >= 15 is 0 Å². The molecule has 0 radical (unpaired) electrons. The van der Waals surface area contributed by atoms with Gasteiger partial charge < -0.3 is 10.1 Å². The van der Waals surface area contributed by atoms with Gasteiger partial charge in [-0.15, -0.1) is 11.3 Å². The van der Waals surface area contributed by atoms with Gasteiger partial charge in [0.05, 0.1) is 4.90 Å². The second-order valence-corrected chi connectivity index (χ2v) is 10.2. The molecule has 168 valence electrons. The van der Waals surface area contributed by atoms with E-state index < -0.39 is 15.9 Å². The lowest BCUT2D eigenvalue weighted by Crippen LogP contribution is -2.35. The van der Waals surface area contributed by atoms with Crippen molar-refractivity contribution in [2.75, 3.05) is 18.4 Å². The number of amides is 1. The lowest BCUT2D eigenvalue weighted by atomic mass is 10.2. The Morgan fingerprint density at radius 1 is 1.12 bits per heavy atom. The van der Waals surface area contributed by atoms with Gasteiger partial charge in [0, 0.05) is 24.2 Å². The standard InChI is InChI=1S/C22H22FN3O4S2/c23-16-7-9-18(10-8-16)30-14-21-25-20(15-31-21)22(27)24-17-5-4-6-19(13-17)32(28,29)26-11-2-1-3-12-26/h4-10,13,15H,1-3,11-12,14H2,(H,24,27). The van der Waals surface area contributed by atoms with Crippen LogP contribution in [0.5, 0.6) is 5.75 Å². The number of hydrogen-bond donors (Lipinski definition) is 1. The Hall–Kier alpha value is -2.82. The molecule has 0 spiro atoms. The Kier molecular flexibility index (Phi) is 6.83. The summed E-state index contributed by atoms with van der Waals surface area (Å²) in [5, 5.41) is 4.90. The number of sulfonamides is 1. The molecule has 1 fully saturated rings. The number of ether oxygens (including phenoxy) is 1. The van der Waals surface area contributed by atoms with Crippen LogP contribution in [0.15, 0.2) is 58.8 Å². The topological polar surface area (TPSA) is 88.6 Å². The number of benzene rings is 2. The smallest absolute Gasteiger partial charge is 0.275 e. The highest BCUT2D eigenvalue weighted by molar-refractivity contribution is 7.89. The van der Waals surface area contributed by atoms with E-state index in [4.69, 9.17) is 4.74 Å². The number of piperidine rings is 1. The molecule has 1 aromatic heterocycles. The zero-order chi connectivity index (χ0) is 22.6. The predicted molar refractivity (Wildman–Crippen MR) is 120 cm³/mol. The molecule has 4 rings (SSSR count). The lowest BCUT2D eigenvalue weighted by molar-refractivity contribution is 0.102. The normalized spacial score (nSPS) is 14.8. The van der Waals surface area contributed by atoms with Crippen molar-refractivity contribution >= 4 is 33.0 Å². The molecule has 1 saturated heterocycles. The van der Waals surface area contributed by atoms with E-state index in [1.807, 2.05) is 0 Å². The molecular formula is C22H22FN3O4S2. The summed E-state index contributed by atoms with van der Waals surface area (Å²) in [7, 11) is -3.59. The predicted octanol–water partition coefficient (Wildman–Crippen LogP) is 4.29. The fourth-order valence-corrected chi connectivity index (χ4v) is 5.59. The number of aromatic nitrogens is 1. The largest absolute Gasteiger partial charge is 0.486 e. The van der Waals surface area contributed by atoms with Gasteiger partial charge in [-0.1, -0.05) is 12.5 Å². The minimum Gasteiger partial charge on any atom is -0.486 e. The zero-order valence-corrected chi connectivity index (χ0v) is 18.8. The molecule has 2 heterocycles. The third-order valence-corrected chi connectivity index (χ3v) is 7.72. The van der Waals surface area contributed by atoms with E-state index in [9.17, 15) is 17.6 Å². The minimum absolute atomic E-state index is 0.146. The van der Waals surface area contributed by atoms with Gasteiger partial charge in [-0.2, -0.15) is 4.31 Å². The van der Waals surface area contributed by atoms with Gasteiger partial charge in [0.15, 0.2) is 0 Å². The van der Waals surface area contributed by atoms with Crippen molar-refractivity contribution in [1.82, 2.24) is 9.29 Å². The summed E-state index contributed by atoms with van der Waals surface area (Å²) in [4.78, 5) is 17.0. The van der Waals surface area contributed by atoms with E-state index in [1.54, 1.807) is 17.5 Å². The molecule has 1 aliphatic heterocycles. The Bertz CT molecular complexity index is 1190. The SMILES string of the molecule is O=C(Nc1cccc(S(=O)(=O)N2CCCCC2)c1)c1csc(COc2ccc(F)cc2)n1. The molecule has 10 heteroatoms. The maximum atomic E-state index is 13.0. The van der Waals surface area contributed by atoms with Crippen molar-refractivity contribution in [2.45, 2.75) is 30.8 Å². The highest BCUT2D eigenvalue weighted by Crippen LogP contribution is 2.23. The monoisotopic (exact) mass is 475 g/mol. The lowest BCUT2D eigenvalue weighted by Gasteiger charge is -2.26. The summed E-state index contributed by atoms with van der Waals surface area (Å²) in [6.07, 6.45) is 2.74. The Balaban J connectivity index is 1.40. The van der Waals surface area contributed by atoms with Gasteiger partial charge in [0.1, 0.15) is 28.9 Å². The van der Waals surface area contributed by atoms with Crippen LogP contribution in [0.3, 0.4) is 0 Å². The zero-order valence-electron chi connectivity index (χ0n) is 17.2. The van der Waals surface area contributed by atoms with Gasteiger partial charge in [-0.25, -0.2) is 17.8 Å². The number of nitrogens with zero attached hydrogens (tertiary/aromatic N) is 2. The molecule has 1 aliphatic rings. The molecule has 32 heavy (non-hydrogen) atoms. The van der Waals surface area contributed by atoms with Crippen molar-refractivity contribution < 1.29 is 22.3 Å². The second kappa shape index (κ2) is 9.76. The van der Waals surface area contributed by atoms with Gasteiger partial charge >= 0.3 is 0 Å². The number of carbonyl (C=O) groups excluding carboxylic acids is 1. The van der Waals surface area contributed by atoms with E-state index in [2.05, 4.69) is 10.3 Å². The molecule has 0 atom stereocenters. The third-order valence-electron chi connectivity index (χ3n) is 5.01. The van der Waals surface area contributed by atoms with Gasteiger partial charge in [0.25, 0.3) is 5.91 Å². The molecule has 0 aliphatic carbocycles. The van der Waals surface area contributed by atoms with Crippen LogP contribution in [0.25, 0.3) is 0 Å². The number of anilines is 1. The van der Waals surface area contributed by atoms with Crippen LogP contribution in [0.1, 0.15) is 34.8 Å². The Morgan fingerprint density at radius 2 is 1.88 bits per heavy atom. The maximum Gasteiger partial charge on any atom is 0.275 e. The van der Waals surface area contributed by atoms with E-state index in [0.29, 0.717) is 29.5 Å². The molecule has 3 aromatic rings. The average Bonchev–Trinajstić information content (AvgIpc) is 3.29. The minimum atomic E-state index is -3.59.